The second-order valence-corrected chi connectivity index (χ2v) is 10.1. The number of hydrogen-bond acceptors (Lipinski definition) is 8. The first-order valence-electron chi connectivity index (χ1n) is 10.1. The predicted octanol–water partition coefficient (Wildman–Crippen LogP) is 2.33. The van der Waals surface area contributed by atoms with Crippen molar-refractivity contribution in [2.75, 3.05) is 13.2 Å². The number of Topliss-reactive ketones (excluding diaryl/α,β-unsaturated/α-hetero) is 1. The first-order valence-corrected chi connectivity index (χ1v) is 11.7. The minimum atomic E-state index is -4.49. The zero-order chi connectivity index (χ0) is 24.1. The third kappa shape index (κ3) is 6.23. The number of benzene rings is 1. The monoisotopic (exact) mass is 462 g/mol. The lowest BCUT2D eigenvalue weighted by atomic mass is 9.96. The maximum absolute atomic E-state index is 13.2. The summed E-state index contributed by atoms with van der Waals surface area (Å²) in [5, 5.41) is 0. The molecule has 0 spiro atoms. The van der Waals surface area contributed by atoms with Gasteiger partial charge in [-0.2, -0.15) is 0 Å². The van der Waals surface area contributed by atoms with Crippen LogP contribution in [0, 0.1) is 11.8 Å². The van der Waals surface area contributed by atoms with E-state index >= 15 is 0 Å². The van der Waals surface area contributed by atoms with Gasteiger partial charge in [0.2, 0.25) is 5.78 Å². The van der Waals surface area contributed by atoms with Crippen LogP contribution in [-0.2, 0) is 44.2 Å². The standard InChI is InChI=1S/C23H26O8S/c1-14(2)11-30-22(26)17-10-18(24)19(23(27)31-12-15(3)4)21(20(17)25)32(28,29)13-16-8-6-5-7-9-16/h5-10,14-15H,11-13H2,1-4H3. The quantitative estimate of drug-likeness (QED) is 0.311. The molecule has 0 saturated carbocycles. The first-order chi connectivity index (χ1) is 14.9. The van der Waals surface area contributed by atoms with Crippen molar-refractivity contribution in [3.63, 3.8) is 0 Å². The Hall–Kier alpha value is -3.07. The van der Waals surface area contributed by atoms with E-state index < -0.39 is 55.1 Å². The number of esters is 2. The molecule has 0 atom stereocenters. The van der Waals surface area contributed by atoms with Crippen LogP contribution in [0.15, 0.2) is 52.5 Å². The molecule has 0 amide bonds. The van der Waals surface area contributed by atoms with Crippen LogP contribution in [0.1, 0.15) is 33.3 Å². The van der Waals surface area contributed by atoms with E-state index in [1.807, 2.05) is 0 Å². The van der Waals surface area contributed by atoms with Crippen molar-refractivity contribution in [3.05, 3.63) is 58.0 Å². The average Bonchev–Trinajstić information content (AvgIpc) is 2.71. The average molecular weight is 463 g/mol. The van der Waals surface area contributed by atoms with Crippen LogP contribution in [0.4, 0.5) is 0 Å². The molecule has 0 saturated heterocycles. The van der Waals surface area contributed by atoms with Crippen molar-refractivity contribution in [2.24, 2.45) is 11.8 Å². The molecule has 8 nitrogen and oxygen atoms in total. The minimum absolute atomic E-state index is 0.0310. The number of ketones is 2. The number of carbonyl (C=O) groups excluding carboxylic acids is 4. The number of allylic oxidation sites excluding steroid dienone is 2. The zero-order valence-corrected chi connectivity index (χ0v) is 19.2. The first kappa shape index (κ1) is 25.2. The lowest BCUT2D eigenvalue weighted by Gasteiger charge is -2.19. The van der Waals surface area contributed by atoms with Crippen LogP contribution in [0.25, 0.3) is 0 Å². The van der Waals surface area contributed by atoms with E-state index in [0.29, 0.717) is 11.6 Å². The Morgan fingerprint density at radius 3 is 1.94 bits per heavy atom. The number of rotatable bonds is 9. The van der Waals surface area contributed by atoms with Gasteiger partial charge in [0, 0.05) is 6.08 Å². The van der Waals surface area contributed by atoms with Crippen LogP contribution in [-0.4, -0.2) is 45.1 Å². The molecular formula is C23H26O8S. The number of carbonyl (C=O) groups is 4. The van der Waals surface area contributed by atoms with Crippen LogP contribution in [0.5, 0.6) is 0 Å². The molecule has 1 aliphatic carbocycles. The van der Waals surface area contributed by atoms with Gasteiger partial charge in [-0.1, -0.05) is 58.0 Å². The summed E-state index contributed by atoms with van der Waals surface area (Å²) in [6.45, 7) is 6.94. The molecule has 1 aliphatic rings. The van der Waals surface area contributed by atoms with Gasteiger partial charge in [0.1, 0.15) is 16.1 Å². The largest absolute Gasteiger partial charge is 0.462 e. The molecule has 172 valence electrons. The predicted molar refractivity (Wildman–Crippen MR) is 116 cm³/mol. The number of ether oxygens (including phenoxy) is 2. The van der Waals surface area contributed by atoms with Gasteiger partial charge in [-0.05, 0) is 17.4 Å². The molecule has 9 heteroatoms. The topological polar surface area (TPSA) is 121 Å². The molecule has 1 aromatic rings. The van der Waals surface area contributed by atoms with Crippen molar-refractivity contribution in [2.45, 2.75) is 33.4 Å². The number of sulfone groups is 1. The fourth-order valence-corrected chi connectivity index (χ4v) is 4.42. The Kier molecular flexibility index (Phi) is 8.26. The van der Waals surface area contributed by atoms with E-state index in [0.717, 1.165) is 0 Å². The minimum Gasteiger partial charge on any atom is -0.462 e. The lowest BCUT2D eigenvalue weighted by Crippen LogP contribution is -2.33. The van der Waals surface area contributed by atoms with Gasteiger partial charge in [0.25, 0.3) is 0 Å². The fourth-order valence-electron chi connectivity index (χ4n) is 2.76. The molecule has 0 bridgehead atoms. The Balaban J connectivity index is 2.53. The second kappa shape index (κ2) is 10.5. The van der Waals surface area contributed by atoms with Crippen LogP contribution in [0.2, 0.25) is 0 Å². The van der Waals surface area contributed by atoms with E-state index in [9.17, 15) is 27.6 Å². The summed E-state index contributed by atoms with van der Waals surface area (Å²) in [4.78, 5) is 49.7. The molecule has 0 unspecified atom stereocenters. The molecule has 0 aliphatic heterocycles. The van der Waals surface area contributed by atoms with Gasteiger partial charge in [-0.25, -0.2) is 18.0 Å². The van der Waals surface area contributed by atoms with E-state index in [4.69, 9.17) is 9.47 Å². The van der Waals surface area contributed by atoms with Gasteiger partial charge in [-0.15, -0.1) is 0 Å². The van der Waals surface area contributed by atoms with Crippen molar-refractivity contribution >= 4 is 33.3 Å². The second-order valence-electron chi connectivity index (χ2n) is 8.18. The smallest absolute Gasteiger partial charge is 0.343 e. The van der Waals surface area contributed by atoms with Crippen molar-refractivity contribution < 1.29 is 37.1 Å². The molecule has 0 heterocycles. The maximum Gasteiger partial charge on any atom is 0.343 e. The van der Waals surface area contributed by atoms with Gasteiger partial charge < -0.3 is 9.47 Å². The highest BCUT2D eigenvalue weighted by atomic mass is 32.2. The summed E-state index contributed by atoms with van der Waals surface area (Å²) in [6, 6.07) is 7.96. The molecule has 0 fully saturated rings. The summed E-state index contributed by atoms with van der Waals surface area (Å²) in [5.74, 6) is -5.49. The van der Waals surface area contributed by atoms with E-state index in [2.05, 4.69) is 0 Å². The Labute approximate surface area is 187 Å². The van der Waals surface area contributed by atoms with Gasteiger partial charge >= 0.3 is 11.9 Å². The number of hydrogen-bond donors (Lipinski definition) is 0. The maximum atomic E-state index is 13.2. The summed E-state index contributed by atoms with van der Waals surface area (Å²) >= 11 is 0. The summed E-state index contributed by atoms with van der Waals surface area (Å²) in [7, 11) is -4.49. The zero-order valence-electron chi connectivity index (χ0n) is 18.4. The lowest BCUT2D eigenvalue weighted by molar-refractivity contribution is -0.143. The van der Waals surface area contributed by atoms with Crippen molar-refractivity contribution in [1.29, 1.82) is 0 Å². The van der Waals surface area contributed by atoms with Crippen molar-refractivity contribution in [3.8, 4) is 0 Å². The van der Waals surface area contributed by atoms with E-state index in [1.165, 1.54) is 12.1 Å². The molecule has 32 heavy (non-hydrogen) atoms. The van der Waals surface area contributed by atoms with E-state index in [1.54, 1.807) is 45.9 Å². The SMILES string of the molecule is CC(C)COC(=O)C1=CC(=O)C(C(=O)OCC(C)C)=C(S(=O)(=O)Cc2ccccc2)C1=O. The molecule has 0 radical (unpaired) electrons. The molecule has 2 rings (SSSR count). The summed E-state index contributed by atoms with van der Waals surface area (Å²) in [5.41, 5.74) is -1.29. The van der Waals surface area contributed by atoms with Crippen LogP contribution >= 0.6 is 0 Å². The Morgan fingerprint density at radius 1 is 0.875 bits per heavy atom. The van der Waals surface area contributed by atoms with Crippen molar-refractivity contribution in [1.82, 2.24) is 0 Å². The Morgan fingerprint density at radius 2 is 1.41 bits per heavy atom. The third-order valence-corrected chi connectivity index (χ3v) is 5.95. The highest BCUT2D eigenvalue weighted by Crippen LogP contribution is 2.28. The molecule has 1 aromatic carbocycles. The van der Waals surface area contributed by atoms with Gasteiger partial charge in [-0.3, -0.25) is 9.59 Å². The van der Waals surface area contributed by atoms with Gasteiger partial charge in [0.15, 0.2) is 15.6 Å². The third-order valence-electron chi connectivity index (χ3n) is 4.23. The van der Waals surface area contributed by atoms with Crippen LogP contribution < -0.4 is 0 Å². The highest BCUT2D eigenvalue weighted by molar-refractivity contribution is 7.95. The molecule has 0 aromatic heterocycles. The fraction of sp³-hybridized carbons (Fsp3) is 0.391. The summed E-state index contributed by atoms with van der Waals surface area (Å²) < 4.78 is 36.4. The molecular weight excluding hydrogens is 436 g/mol. The Bertz CT molecular complexity index is 1080. The van der Waals surface area contributed by atoms with E-state index in [-0.39, 0.29) is 25.0 Å². The summed E-state index contributed by atoms with van der Waals surface area (Å²) in [6.07, 6.45) is 0.637. The molecule has 0 N–H and O–H groups in total. The van der Waals surface area contributed by atoms with Crippen LogP contribution in [0.3, 0.4) is 0 Å². The normalized spacial score (nSPS) is 14.6. The highest BCUT2D eigenvalue weighted by Gasteiger charge is 2.42. The van der Waals surface area contributed by atoms with Gasteiger partial charge in [0.05, 0.1) is 19.0 Å².